The number of ether oxygens (including phenoxy) is 1. The Kier molecular flexibility index (Phi) is 3.84. The Labute approximate surface area is 365 Å². The van der Waals surface area contributed by atoms with Crippen molar-refractivity contribution < 1.29 is 9.53 Å². The molecule has 0 bridgehead atoms. The van der Waals surface area contributed by atoms with E-state index in [4.69, 9.17) is 4.74 Å². The standard InChI is InChI=1S/C62H36O2/c1-64-34(63)8-5-13-60(31-6-3-2-4-7-31)61-56-32-11-9-22-14-24-16-26-18-28-20-30-21-29-19-27-17-25-15-23-10-12-33(32)57(61)43(23)53-41(25)47-38(27)36(29)45-39(30)44-35(28)37(26)46-40(24)52(42(22)56)58-54-50(46)48(44)49(45)51(47)55(54)59(53)62(58,60)61/h2-4,6-7,9-12,20-22,24-25,32H,5,8,13-19H2,1H3. The highest BCUT2D eigenvalue weighted by atomic mass is 16.5. The molecule has 12 aliphatic rings. The van der Waals surface area contributed by atoms with E-state index in [0.717, 1.165) is 32.1 Å². The van der Waals surface area contributed by atoms with Gasteiger partial charge in [-0.1, -0.05) is 77.9 Å². The van der Waals surface area contributed by atoms with Gasteiger partial charge >= 0.3 is 5.97 Å². The lowest BCUT2D eigenvalue weighted by atomic mass is 9.55. The maximum Gasteiger partial charge on any atom is 0.305 e. The molecule has 0 N–H and O–H groups in total. The van der Waals surface area contributed by atoms with Crippen LogP contribution in [0.3, 0.4) is 0 Å². The molecule has 10 aromatic carbocycles. The third-order valence-corrected chi connectivity index (χ3v) is 21.9. The second-order valence-electron chi connectivity index (χ2n) is 23.1. The minimum absolute atomic E-state index is 0.0740. The van der Waals surface area contributed by atoms with Gasteiger partial charge in [0.05, 0.1) is 7.11 Å². The maximum absolute atomic E-state index is 13.3. The van der Waals surface area contributed by atoms with Crippen LogP contribution in [0.1, 0.15) is 117 Å². The highest BCUT2D eigenvalue weighted by Crippen LogP contribution is 2.97. The summed E-state index contributed by atoms with van der Waals surface area (Å²) in [5.41, 5.74) is 28.0. The van der Waals surface area contributed by atoms with E-state index in [1.807, 2.05) is 0 Å². The monoisotopic (exact) mass is 812 g/mol. The van der Waals surface area contributed by atoms with Gasteiger partial charge in [-0.15, -0.1) is 0 Å². The molecule has 22 rings (SSSR count). The SMILES string of the molecule is COC(=O)CCCC1(c2ccccc2)C23C4=C5c6c7c8c9c%10c%11cc%12cc%13c%14c%15c%16c%17c(c%18c%19c(c6C%1812)c8c1c%10c%12c%14c1c%16%19)-c1c(ccc(c13)C4C=CC5CC7CC=9C%11)CC%17CC=%15C%13. The van der Waals surface area contributed by atoms with E-state index in [1.165, 1.54) is 30.2 Å². The quantitative estimate of drug-likeness (QED) is 0.0749. The third kappa shape index (κ3) is 2.20. The molecule has 1 saturated carbocycles. The first-order valence-corrected chi connectivity index (χ1v) is 24.7. The Morgan fingerprint density at radius 1 is 0.641 bits per heavy atom. The topological polar surface area (TPSA) is 26.3 Å². The van der Waals surface area contributed by atoms with Gasteiger partial charge in [0, 0.05) is 34.5 Å². The van der Waals surface area contributed by atoms with Crippen LogP contribution >= 0.6 is 0 Å². The Morgan fingerprint density at radius 3 is 2.08 bits per heavy atom. The fourth-order valence-electron chi connectivity index (χ4n) is 21.2. The number of allylic oxidation sites excluding steroid dienone is 4. The molecule has 0 amide bonds. The second kappa shape index (κ2) is 8.19. The van der Waals surface area contributed by atoms with E-state index in [9.17, 15) is 4.79 Å². The number of rotatable bonds is 5. The zero-order chi connectivity index (χ0) is 40.3. The van der Waals surface area contributed by atoms with Crippen molar-refractivity contribution in [1.82, 2.24) is 0 Å². The van der Waals surface area contributed by atoms with E-state index in [2.05, 4.69) is 66.7 Å². The minimum Gasteiger partial charge on any atom is -0.469 e. The molecule has 1 fully saturated rings. The van der Waals surface area contributed by atoms with Gasteiger partial charge in [-0.3, -0.25) is 4.79 Å². The molecule has 2 heteroatoms. The van der Waals surface area contributed by atoms with Crippen molar-refractivity contribution in [2.24, 2.45) is 5.92 Å². The highest BCUT2D eigenvalue weighted by Gasteiger charge is 2.95. The Bertz CT molecular complexity index is 4530. The molecule has 296 valence electrons. The molecule has 7 unspecified atom stereocenters. The van der Waals surface area contributed by atoms with E-state index >= 15 is 0 Å². The van der Waals surface area contributed by atoms with Crippen LogP contribution in [0.25, 0.3) is 103 Å². The van der Waals surface area contributed by atoms with Crippen LogP contribution in [0.4, 0.5) is 0 Å². The van der Waals surface area contributed by atoms with Gasteiger partial charge in [0.15, 0.2) is 0 Å². The lowest BCUT2D eigenvalue weighted by Gasteiger charge is -2.47. The Morgan fingerprint density at radius 2 is 1.33 bits per heavy atom. The zero-order valence-electron chi connectivity index (χ0n) is 35.3. The summed E-state index contributed by atoms with van der Waals surface area (Å²) >= 11 is 0. The minimum atomic E-state index is -0.244. The summed E-state index contributed by atoms with van der Waals surface area (Å²) in [4.78, 5) is 13.3. The van der Waals surface area contributed by atoms with Gasteiger partial charge < -0.3 is 4.74 Å². The summed E-state index contributed by atoms with van der Waals surface area (Å²) in [5, 5.41) is 26.3. The van der Waals surface area contributed by atoms with E-state index < -0.39 is 0 Å². The highest BCUT2D eigenvalue weighted by molar-refractivity contribution is 6.55. The number of carbonyl (C=O) groups is 1. The zero-order valence-corrected chi connectivity index (χ0v) is 35.3. The lowest BCUT2D eigenvalue weighted by molar-refractivity contribution is -0.140. The summed E-state index contributed by atoms with van der Waals surface area (Å²) in [7, 11) is 1.58. The van der Waals surface area contributed by atoms with Gasteiger partial charge in [-0.05, 0) is 233 Å². The lowest BCUT2D eigenvalue weighted by Crippen LogP contribution is -2.37. The number of hydrogen-bond donors (Lipinski definition) is 0. The van der Waals surface area contributed by atoms with Gasteiger partial charge in [0.25, 0.3) is 0 Å². The predicted octanol–water partition coefficient (Wildman–Crippen LogP) is 11.7. The molecular formula is C62H36O2. The van der Waals surface area contributed by atoms with Crippen molar-refractivity contribution in [3.8, 4) is 11.1 Å². The summed E-state index contributed by atoms with van der Waals surface area (Å²) in [6, 6.07) is 22.7. The smallest absolute Gasteiger partial charge is 0.305 e. The fourth-order valence-corrected chi connectivity index (χ4v) is 21.2. The van der Waals surface area contributed by atoms with Crippen LogP contribution in [-0.4, -0.2) is 13.1 Å². The molecule has 2 spiro atoms. The summed E-state index contributed by atoms with van der Waals surface area (Å²) in [6.07, 6.45) is 14.7. The summed E-state index contributed by atoms with van der Waals surface area (Å²) in [5.74, 6) is 1.66. The first-order valence-electron chi connectivity index (χ1n) is 24.7. The second-order valence-corrected chi connectivity index (χ2v) is 23.1. The molecule has 64 heavy (non-hydrogen) atoms. The number of methoxy groups -OCH3 is 1. The average Bonchev–Trinajstić information content (AvgIpc) is 3.93. The van der Waals surface area contributed by atoms with E-state index in [-0.39, 0.29) is 28.1 Å². The van der Waals surface area contributed by atoms with Crippen LogP contribution in [0, 0.1) is 5.92 Å². The van der Waals surface area contributed by atoms with Crippen molar-refractivity contribution in [1.29, 1.82) is 0 Å². The molecule has 12 aliphatic carbocycles. The van der Waals surface area contributed by atoms with E-state index in [0.29, 0.717) is 24.2 Å². The molecule has 10 aromatic rings. The third-order valence-electron chi connectivity index (χ3n) is 21.9. The molecule has 0 radical (unpaired) electrons. The van der Waals surface area contributed by atoms with Gasteiger partial charge in [-0.25, -0.2) is 0 Å². The first kappa shape index (κ1) is 30.0. The normalized spacial score (nSPS) is 31.1. The van der Waals surface area contributed by atoms with Crippen LogP contribution < -0.4 is 10.4 Å². The van der Waals surface area contributed by atoms with Crippen molar-refractivity contribution in [3.05, 3.63) is 144 Å². The predicted molar refractivity (Wildman–Crippen MR) is 254 cm³/mol. The first-order chi connectivity index (χ1) is 31.6. The summed E-state index contributed by atoms with van der Waals surface area (Å²) in [6.45, 7) is 0. The molecule has 0 aromatic heterocycles. The molecule has 2 nitrogen and oxygen atoms in total. The molecule has 0 aliphatic heterocycles. The van der Waals surface area contributed by atoms with Gasteiger partial charge in [0.1, 0.15) is 0 Å². The maximum atomic E-state index is 13.3. The molecule has 0 heterocycles. The van der Waals surface area contributed by atoms with Crippen LogP contribution in [-0.2, 0) is 45.0 Å². The van der Waals surface area contributed by atoms with Crippen LogP contribution in [0.15, 0.2) is 72.3 Å². The van der Waals surface area contributed by atoms with Gasteiger partial charge in [0.2, 0.25) is 0 Å². The van der Waals surface area contributed by atoms with Crippen molar-refractivity contribution >= 4 is 98.1 Å². The van der Waals surface area contributed by atoms with Crippen LogP contribution in [0.5, 0.6) is 0 Å². The van der Waals surface area contributed by atoms with Crippen molar-refractivity contribution in [2.45, 2.75) is 91.8 Å². The number of benzene rings is 9. The number of carbonyl (C=O) groups excluding carboxylic acids is 1. The molecule has 0 saturated heterocycles. The van der Waals surface area contributed by atoms with E-state index in [1.54, 1.807) is 177 Å². The number of hydrogen-bond acceptors (Lipinski definition) is 2. The summed E-state index contributed by atoms with van der Waals surface area (Å²) < 4.78 is 5.45. The average molecular weight is 813 g/mol. The number of esters is 1. The Hall–Kier alpha value is -6.25. The Balaban J connectivity index is 1.12. The van der Waals surface area contributed by atoms with Crippen LogP contribution in [0.2, 0.25) is 0 Å². The fraction of sp³-hybridized carbons (Fsp3) is 0.274. The van der Waals surface area contributed by atoms with Crippen molar-refractivity contribution in [2.75, 3.05) is 7.11 Å². The molecular weight excluding hydrogens is 777 g/mol. The number of fused-ring (bicyclic) bond motifs is 1. The van der Waals surface area contributed by atoms with Crippen molar-refractivity contribution in [3.63, 3.8) is 0 Å². The van der Waals surface area contributed by atoms with Gasteiger partial charge in [-0.2, -0.15) is 0 Å². The molecule has 7 atom stereocenters. The largest absolute Gasteiger partial charge is 0.469 e.